The van der Waals surface area contributed by atoms with Crippen molar-refractivity contribution in [1.82, 2.24) is 19.6 Å². The highest BCUT2D eigenvalue weighted by atomic mass is 16.5. The first-order valence-corrected chi connectivity index (χ1v) is 10.9. The molecule has 3 aliphatic heterocycles. The van der Waals surface area contributed by atoms with Gasteiger partial charge in [-0.3, -0.25) is 9.58 Å². The van der Waals surface area contributed by atoms with Crippen molar-refractivity contribution in [2.45, 2.75) is 51.1 Å². The molecule has 1 atom stereocenters. The highest BCUT2D eigenvalue weighted by molar-refractivity contribution is 4.97. The SMILES string of the molecule is OC[C@H]1CN(C2CCOCC2)CCC12CCN(CCCn1cccn1)CC2. The van der Waals surface area contributed by atoms with Crippen LogP contribution in [-0.2, 0) is 11.3 Å². The Bertz CT molecular complexity index is 551. The number of aromatic nitrogens is 2. The second kappa shape index (κ2) is 9.03. The second-order valence-electron chi connectivity index (χ2n) is 8.79. The molecule has 1 aromatic heterocycles. The van der Waals surface area contributed by atoms with Crippen LogP contribution in [0.15, 0.2) is 18.5 Å². The maximum Gasteiger partial charge on any atom is 0.0489 e. The third-order valence-corrected chi connectivity index (χ3v) is 7.42. The summed E-state index contributed by atoms with van der Waals surface area (Å²) in [4.78, 5) is 5.28. The summed E-state index contributed by atoms with van der Waals surface area (Å²) in [5.41, 5.74) is 0.370. The van der Waals surface area contributed by atoms with Gasteiger partial charge in [-0.25, -0.2) is 0 Å². The van der Waals surface area contributed by atoms with E-state index in [2.05, 4.69) is 14.9 Å². The van der Waals surface area contributed by atoms with E-state index >= 15 is 0 Å². The molecule has 0 aliphatic carbocycles. The molecule has 0 amide bonds. The van der Waals surface area contributed by atoms with Gasteiger partial charge in [0.05, 0.1) is 0 Å². The van der Waals surface area contributed by atoms with Crippen molar-refractivity contribution in [3.63, 3.8) is 0 Å². The number of nitrogens with zero attached hydrogens (tertiary/aromatic N) is 4. The van der Waals surface area contributed by atoms with E-state index in [-0.39, 0.29) is 0 Å². The maximum absolute atomic E-state index is 10.2. The molecular formula is C21H36N4O2. The van der Waals surface area contributed by atoms with Gasteiger partial charge in [-0.2, -0.15) is 5.10 Å². The van der Waals surface area contributed by atoms with Crippen LogP contribution in [-0.4, -0.2) is 83.3 Å². The Kier molecular flexibility index (Phi) is 6.48. The number of ether oxygens (including phenoxy) is 1. The average Bonchev–Trinajstić information content (AvgIpc) is 3.24. The van der Waals surface area contributed by atoms with Gasteiger partial charge in [-0.15, -0.1) is 0 Å². The van der Waals surface area contributed by atoms with Gasteiger partial charge < -0.3 is 14.7 Å². The van der Waals surface area contributed by atoms with Crippen molar-refractivity contribution in [1.29, 1.82) is 0 Å². The summed E-state index contributed by atoms with van der Waals surface area (Å²) in [5.74, 6) is 0.445. The third-order valence-electron chi connectivity index (χ3n) is 7.42. The maximum atomic E-state index is 10.2. The number of aryl methyl sites for hydroxylation is 1. The van der Waals surface area contributed by atoms with E-state index in [1.807, 2.05) is 23.1 Å². The van der Waals surface area contributed by atoms with Crippen molar-refractivity contribution >= 4 is 0 Å². The number of aliphatic hydroxyl groups is 1. The van der Waals surface area contributed by atoms with Gasteiger partial charge in [0.2, 0.25) is 0 Å². The van der Waals surface area contributed by atoms with Gasteiger partial charge in [-0.05, 0) is 76.2 Å². The zero-order valence-corrected chi connectivity index (χ0v) is 16.6. The highest BCUT2D eigenvalue weighted by Crippen LogP contribution is 2.45. The van der Waals surface area contributed by atoms with E-state index in [0.717, 1.165) is 52.1 Å². The van der Waals surface area contributed by atoms with Gasteiger partial charge in [0.15, 0.2) is 0 Å². The Morgan fingerprint density at radius 2 is 1.85 bits per heavy atom. The van der Waals surface area contributed by atoms with E-state index < -0.39 is 0 Å². The van der Waals surface area contributed by atoms with Crippen LogP contribution in [0.5, 0.6) is 0 Å². The lowest BCUT2D eigenvalue weighted by atomic mass is 9.64. The molecule has 0 unspecified atom stereocenters. The summed E-state index contributed by atoms with van der Waals surface area (Å²) in [6.45, 7) is 8.99. The summed E-state index contributed by atoms with van der Waals surface area (Å²) in [7, 11) is 0. The quantitative estimate of drug-likeness (QED) is 0.821. The number of hydrogen-bond donors (Lipinski definition) is 1. The van der Waals surface area contributed by atoms with Crippen LogP contribution in [0, 0.1) is 11.3 Å². The number of hydrogen-bond acceptors (Lipinski definition) is 5. The molecule has 6 heteroatoms. The largest absolute Gasteiger partial charge is 0.396 e. The molecule has 0 aromatic carbocycles. The van der Waals surface area contributed by atoms with Crippen LogP contribution >= 0.6 is 0 Å². The first kappa shape index (κ1) is 19.4. The molecule has 0 radical (unpaired) electrons. The summed E-state index contributed by atoms with van der Waals surface area (Å²) in [6, 6.07) is 2.67. The molecule has 1 N–H and O–H groups in total. The fourth-order valence-electron chi connectivity index (χ4n) is 5.54. The number of rotatable bonds is 6. The molecule has 3 saturated heterocycles. The van der Waals surface area contributed by atoms with Crippen LogP contribution in [0.25, 0.3) is 0 Å². The minimum Gasteiger partial charge on any atom is -0.396 e. The topological polar surface area (TPSA) is 53.8 Å². The Labute approximate surface area is 163 Å². The first-order valence-electron chi connectivity index (χ1n) is 10.9. The van der Waals surface area contributed by atoms with Crippen LogP contribution < -0.4 is 0 Å². The lowest BCUT2D eigenvalue weighted by molar-refractivity contribution is -0.0663. The van der Waals surface area contributed by atoms with E-state index in [9.17, 15) is 5.11 Å². The molecule has 4 rings (SSSR count). The van der Waals surface area contributed by atoms with Crippen LogP contribution in [0.3, 0.4) is 0 Å². The lowest BCUT2D eigenvalue weighted by Crippen LogP contribution is -2.56. The second-order valence-corrected chi connectivity index (χ2v) is 8.79. The Morgan fingerprint density at radius 3 is 2.56 bits per heavy atom. The number of aliphatic hydroxyl groups excluding tert-OH is 1. The van der Waals surface area contributed by atoms with Crippen LogP contribution in [0.1, 0.15) is 38.5 Å². The van der Waals surface area contributed by atoms with E-state index in [0.29, 0.717) is 24.0 Å². The van der Waals surface area contributed by atoms with Gasteiger partial charge >= 0.3 is 0 Å². The normalized spacial score (nSPS) is 28.0. The summed E-state index contributed by atoms with van der Waals surface area (Å²) in [5, 5.41) is 14.5. The zero-order chi connectivity index (χ0) is 18.5. The summed E-state index contributed by atoms with van der Waals surface area (Å²) < 4.78 is 7.56. The van der Waals surface area contributed by atoms with Crippen molar-refractivity contribution in [3.05, 3.63) is 18.5 Å². The van der Waals surface area contributed by atoms with Crippen molar-refractivity contribution in [2.24, 2.45) is 11.3 Å². The fourth-order valence-corrected chi connectivity index (χ4v) is 5.54. The molecular weight excluding hydrogens is 340 g/mol. The molecule has 152 valence electrons. The Morgan fingerprint density at radius 1 is 1.07 bits per heavy atom. The monoisotopic (exact) mass is 376 g/mol. The molecule has 1 aromatic rings. The van der Waals surface area contributed by atoms with Crippen molar-refractivity contribution in [2.75, 3.05) is 52.5 Å². The van der Waals surface area contributed by atoms with Gasteiger partial charge in [0.1, 0.15) is 0 Å². The van der Waals surface area contributed by atoms with Crippen LogP contribution in [0.2, 0.25) is 0 Å². The van der Waals surface area contributed by atoms with E-state index in [1.165, 1.54) is 38.9 Å². The number of piperidine rings is 2. The minimum absolute atomic E-state index is 0.346. The molecule has 0 saturated carbocycles. The lowest BCUT2D eigenvalue weighted by Gasteiger charge is -2.53. The predicted octanol–water partition coefficient (Wildman–Crippen LogP) is 1.85. The summed E-state index contributed by atoms with van der Waals surface area (Å²) in [6.07, 6.45) is 11.1. The smallest absolute Gasteiger partial charge is 0.0489 e. The van der Waals surface area contributed by atoms with Gasteiger partial charge in [-0.1, -0.05) is 0 Å². The van der Waals surface area contributed by atoms with Gasteiger partial charge in [0.25, 0.3) is 0 Å². The molecule has 27 heavy (non-hydrogen) atoms. The summed E-state index contributed by atoms with van der Waals surface area (Å²) >= 11 is 0. The predicted molar refractivity (Wildman–Crippen MR) is 106 cm³/mol. The molecule has 0 bridgehead atoms. The van der Waals surface area contributed by atoms with Crippen molar-refractivity contribution < 1.29 is 9.84 Å². The van der Waals surface area contributed by atoms with E-state index in [1.54, 1.807) is 0 Å². The molecule has 3 aliphatic rings. The first-order chi connectivity index (χ1) is 13.3. The highest BCUT2D eigenvalue weighted by Gasteiger charge is 2.45. The molecule has 4 heterocycles. The fraction of sp³-hybridized carbons (Fsp3) is 0.857. The van der Waals surface area contributed by atoms with E-state index in [4.69, 9.17) is 4.74 Å². The minimum atomic E-state index is 0.346. The van der Waals surface area contributed by atoms with Crippen molar-refractivity contribution in [3.8, 4) is 0 Å². The Hall–Kier alpha value is -0.950. The molecule has 1 spiro atoms. The Balaban J connectivity index is 1.25. The standard InChI is InChI=1S/C21H36N4O2/c26-18-19-17-24(20-3-15-27-16-4-20)14-7-21(19)5-12-23(13-6-21)9-2-11-25-10-1-8-22-25/h1,8,10,19-20,26H,2-7,9,11-18H2/t19-/m1/s1. The third kappa shape index (κ3) is 4.56. The molecule has 3 fully saturated rings. The zero-order valence-electron chi connectivity index (χ0n) is 16.6. The average molecular weight is 377 g/mol. The molecule has 6 nitrogen and oxygen atoms in total. The number of likely N-dealkylation sites (tertiary alicyclic amines) is 2. The van der Waals surface area contributed by atoms with Gasteiger partial charge in [0, 0.05) is 57.3 Å². The van der Waals surface area contributed by atoms with Crippen LogP contribution in [0.4, 0.5) is 0 Å².